The van der Waals surface area contributed by atoms with Crippen molar-refractivity contribution in [2.24, 2.45) is 11.5 Å². The van der Waals surface area contributed by atoms with Gasteiger partial charge in [-0.25, -0.2) is 0 Å². The van der Waals surface area contributed by atoms with Crippen molar-refractivity contribution in [2.45, 2.75) is 6.42 Å². The van der Waals surface area contributed by atoms with E-state index in [0.29, 0.717) is 13.0 Å². The van der Waals surface area contributed by atoms with Crippen LogP contribution >= 0.6 is 0 Å². The molecule has 0 heterocycles. The fraction of sp³-hybridized carbons (Fsp3) is 0.700. The lowest BCUT2D eigenvalue weighted by atomic mass is 10.3. The van der Waals surface area contributed by atoms with Crippen molar-refractivity contribution in [1.29, 1.82) is 0 Å². The van der Waals surface area contributed by atoms with Gasteiger partial charge in [0, 0.05) is 58.6 Å². The standard InChI is InChI=1S/C10H23N5O/c1-13-10(16)2-7-15(8-4-12)9-6-14-5-3-11/h3,5,14H,2,4,6-9,11-12H2,1H3,(H,13,16)/b5-3+. The molecule has 0 aliphatic heterocycles. The molecule has 0 spiro atoms. The Labute approximate surface area is 97.0 Å². The molecule has 0 aromatic heterocycles. The summed E-state index contributed by atoms with van der Waals surface area (Å²) in [4.78, 5) is 13.2. The Kier molecular flexibility index (Phi) is 9.44. The highest BCUT2D eigenvalue weighted by Crippen LogP contribution is 1.90. The van der Waals surface area contributed by atoms with Crippen LogP contribution in [0.2, 0.25) is 0 Å². The highest BCUT2D eigenvalue weighted by Gasteiger charge is 2.05. The van der Waals surface area contributed by atoms with E-state index in [2.05, 4.69) is 15.5 Å². The van der Waals surface area contributed by atoms with Crippen LogP contribution in [0.3, 0.4) is 0 Å². The van der Waals surface area contributed by atoms with Gasteiger partial charge in [0.25, 0.3) is 0 Å². The zero-order valence-corrected chi connectivity index (χ0v) is 9.91. The first-order chi connectivity index (χ1) is 7.74. The van der Waals surface area contributed by atoms with E-state index in [4.69, 9.17) is 11.5 Å². The van der Waals surface area contributed by atoms with Crippen molar-refractivity contribution in [3.05, 3.63) is 12.4 Å². The van der Waals surface area contributed by atoms with Gasteiger partial charge in [0.1, 0.15) is 0 Å². The van der Waals surface area contributed by atoms with Crippen molar-refractivity contribution in [2.75, 3.05) is 39.8 Å². The minimum Gasteiger partial charge on any atom is -0.403 e. The molecule has 0 rings (SSSR count). The summed E-state index contributed by atoms with van der Waals surface area (Å²) in [5.41, 5.74) is 10.7. The predicted molar refractivity (Wildman–Crippen MR) is 65.5 cm³/mol. The van der Waals surface area contributed by atoms with Crippen LogP contribution in [0.1, 0.15) is 6.42 Å². The number of hydrogen-bond donors (Lipinski definition) is 4. The van der Waals surface area contributed by atoms with Crippen molar-refractivity contribution in [1.82, 2.24) is 15.5 Å². The van der Waals surface area contributed by atoms with Crippen molar-refractivity contribution >= 4 is 5.91 Å². The lowest BCUT2D eigenvalue weighted by molar-refractivity contribution is -0.120. The molecule has 16 heavy (non-hydrogen) atoms. The number of hydrogen-bond acceptors (Lipinski definition) is 5. The second-order valence-corrected chi connectivity index (χ2v) is 3.37. The Morgan fingerprint density at radius 1 is 1.38 bits per heavy atom. The zero-order valence-electron chi connectivity index (χ0n) is 9.91. The molecule has 6 nitrogen and oxygen atoms in total. The maximum Gasteiger partial charge on any atom is 0.221 e. The van der Waals surface area contributed by atoms with Gasteiger partial charge < -0.3 is 22.1 Å². The fourth-order valence-corrected chi connectivity index (χ4v) is 1.28. The molecule has 0 aromatic rings. The van der Waals surface area contributed by atoms with Gasteiger partial charge in [-0.1, -0.05) is 0 Å². The van der Waals surface area contributed by atoms with E-state index in [1.165, 1.54) is 6.20 Å². The van der Waals surface area contributed by atoms with Gasteiger partial charge in [0.2, 0.25) is 5.91 Å². The molecule has 0 radical (unpaired) electrons. The molecule has 0 aliphatic rings. The molecule has 0 bridgehead atoms. The Bertz CT molecular complexity index is 207. The fourth-order valence-electron chi connectivity index (χ4n) is 1.28. The summed E-state index contributed by atoms with van der Waals surface area (Å²) in [5.74, 6) is 0.0526. The van der Waals surface area contributed by atoms with E-state index < -0.39 is 0 Å². The SMILES string of the molecule is CNC(=O)CCN(CCN)CCN/C=C/N. The number of rotatable bonds is 9. The highest BCUT2D eigenvalue weighted by molar-refractivity contribution is 5.75. The molecule has 6 heteroatoms. The summed E-state index contributed by atoms with van der Waals surface area (Å²) in [5, 5.41) is 5.64. The lowest BCUT2D eigenvalue weighted by Crippen LogP contribution is -2.37. The molecule has 6 N–H and O–H groups in total. The first-order valence-electron chi connectivity index (χ1n) is 5.47. The van der Waals surface area contributed by atoms with Gasteiger partial charge in [0.05, 0.1) is 0 Å². The molecule has 0 atom stereocenters. The zero-order chi connectivity index (χ0) is 12.2. The Balaban J connectivity index is 3.73. The molecule has 0 saturated carbocycles. The van der Waals surface area contributed by atoms with Gasteiger partial charge in [-0.05, 0) is 0 Å². The number of nitrogens with one attached hydrogen (secondary N) is 2. The van der Waals surface area contributed by atoms with Gasteiger partial charge >= 0.3 is 0 Å². The Morgan fingerprint density at radius 3 is 2.69 bits per heavy atom. The quantitative estimate of drug-likeness (QED) is 0.357. The Morgan fingerprint density at radius 2 is 2.12 bits per heavy atom. The summed E-state index contributed by atoms with van der Waals surface area (Å²) in [6.07, 6.45) is 3.65. The summed E-state index contributed by atoms with van der Waals surface area (Å²) in [7, 11) is 1.64. The van der Waals surface area contributed by atoms with E-state index in [0.717, 1.165) is 26.2 Å². The molecular weight excluding hydrogens is 206 g/mol. The first kappa shape index (κ1) is 14.7. The predicted octanol–water partition coefficient (Wildman–Crippen LogP) is -1.60. The van der Waals surface area contributed by atoms with E-state index in [1.54, 1.807) is 13.2 Å². The van der Waals surface area contributed by atoms with Crippen LogP contribution in [0.4, 0.5) is 0 Å². The third-order valence-electron chi connectivity index (χ3n) is 2.17. The maximum atomic E-state index is 11.1. The maximum absolute atomic E-state index is 11.1. The number of carbonyl (C=O) groups is 1. The molecule has 0 unspecified atom stereocenters. The molecule has 94 valence electrons. The normalized spacial score (nSPS) is 10.9. The van der Waals surface area contributed by atoms with Crippen LogP contribution in [0.25, 0.3) is 0 Å². The van der Waals surface area contributed by atoms with E-state index in [1.807, 2.05) is 0 Å². The third-order valence-corrected chi connectivity index (χ3v) is 2.17. The van der Waals surface area contributed by atoms with Crippen LogP contribution in [0.5, 0.6) is 0 Å². The van der Waals surface area contributed by atoms with Crippen LogP contribution < -0.4 is 22.1 Å². The number of nitrogens with zero attached hydrogens (tertiary/aromatic N) is 1. The van der Waals surface area contributed by atoms with Crippen molar-refractivity contribution in [3.8, 4) is 0 Å². The molecule has 0 aliphatic carbocycles. The monoisotopic (exact) mass is 229 g/mol. The molecule has 0 saturated heterocycles. The van der Waals surface area contributed by atoms with Gasteiger partial charge in [-0.3, -0.25) is 9.69 Å². The van der Waals surface area contributed by atoms with Gasteiger partial charge in [-0.2, -0.15) is 0 Å². The average Bonchev–Trinajstić information content (AvgIpc) is 2.30. The molecular formula is C10H23N5O. The number of nitrogens with two attached hydrogens (primary N) is 2. The number of amides is 1. The third kappa shape index (κ3) is 8.07. The molecule has 0 aromatic carbocycles. The minimum absolute atomic E-state index is 0.0526. The van der Waals surface area contributed by atoms with Crippen LogP contribution in [-0.4, -0.2) is 50.6 Å². The van der Waals surface area contributed by atoms with Crippen LogP contribution in [-0.2, 0) is 4.79 Å². The summed E-state index contributed by atoms with van der Waals surface area (Å²) >= 11 is 0. The second kappa shape index (κ2) is 10.3. The van der Waals surface area contributed by atoms with Gasteiger partial charge in [-0.15, -0.1) is 0 Å². The molecule has 0 fully saturated rings. The lowest BCUT2D eigenvalue weighted by Gasteiger charge is -2.20. The van der Waals surface area contributed by atoms with Crippen LogP contribution in [0.15, 0.2) is 12.4 Å². The smallest absolute Gasteiger partial charge is 0.221 e. The second-order valence-electron chi connectivity index (χ2n) is 3.37. The largest absolute Gasteiger partial charge is 0.403 e. The number of carbonyl (C=O) groups excluding carboxylic acids is 1. The minimum atomic E-state index is 0.0526. The van der Waals surface area contributed by atoms with E-state index >= 15 is 0 Å². The topological polar surface area (TPSA) is 96.4 Å². The first-order valence-corrected chi connectivity index (χ1v) is 5.47. The molecule has 1 amide bonds. The van der Waals surface area contributed by atoms with Crippen LogP contribution in [0, 0.1) is 0 Å². The Hall–Kier alpha value is -1.27. The average molecular weight is 229 g/mol. The van der Waals surface area contributed by atoms with Gasteiger partial charge in [0.15, 0.2) is 0 Å². The summed E-state index contributed by atoms with van der Waals surface area (Å²) in [6.45, 7) is 3.76. The summed E-state index contributed by atoms with van der Waals surface area (Å²) in [6, 6.07) is 0. The summed E-state index contributed by atoms with van der Waals surface area (Å²) < 4.78 is 0. The van der Waals surface area contributed by atoms with E-state index in [9.17, 15) is 4.79 Å². The van der Waals surface area contributed by atoms with Crippen molar-refractivity contribution < 1.29 is 4.79 Å². The van der Waals surface area contributed by atoms with Crippen molar-refractivity contribution in [3.63, 3.8) is 0 Å². The highest BCUT2D eigenvalue weighted by atomic mass is 16.1. The van der Waals surface area contributed by atoms with E-state index in [-0.39, 0.29) is 5.91 Å².